The van der Waals surface area contributed by atoms with Crippen molar-refractivity contribution in [2.45, 2.75) is 12.4 Å². The average molecular weight is 320 g/mol. The van der Waals surface area contributed by atoms with Crippen molar-refractivity contribution in [3.8, 4) is 5.75 Å². The Labute approximate surface area is 123 Å². The Morgan fingerprint density at radius 3 is 2.10 bits per heavy atom. The van der Waals surface area contributed by atoms with Crippen LogP contribution >= 0.6 is 11.6 Å². The maximum Gasteiger partial charge on any atom is 0.573 e. The lowest BCUT2D eigenvalue weighted by Gasteiger charge is -2.14. The summed E-state index contributed by atoms with van der Waals surface area (Å²) in [7, 11) is 0. The highest BCUT2D eigenvalue weighted by Crippen LogP contribution is 2.27. The van der Waals surface area contributed by atoms with Crippen LogP contribution in [0.1, 0.15) is 17.2 Å². The van der Waals surface area contributed by atoms with Crippen molar-refractivity contribution in [2.75, 3.05) is 0 Å². The first-order valence-corrected chi connectivity index (χ1v) is 6.20. The predicted octanol–water partition coefficient (Wildman–Crippen LogP) is 4.43. The van der Waals surface area contributed by atoms with Crippen molar-refractivity contribution in [2.24, 2.45) is 5.73 Å². The summed E-state index contributed by atoms with van der Waals surface area (Å²) < 4.78 is 53.0. The lowest BCUT2D eigenvalue weighted by molar-refractivity contribution is -0.274. The summed E-state index contributed by atoms with van der Waals surface area (Å²) in [6.07, 6.45) is -4.74. The van der Waals surface area contributed by atoms with E-state index in [0.717, 1.165) is 12.1 Å². The Kier molecular flexibility index (Phi) is 4.39. The van der Waals surface area contributed by atoms with Gasteiger partial charge in [-0.25, -0.2) is 4.39 Å². The second kappa shape index (κ2) is 5.91. The number of alkyl halides is 3. The zero-order valence-electron chi connectivity index (χ0n) is 10.5. The van der Waals surface area contributed by atoms with E-state index < -0.39 is 18.2 Å². The van der Waals surface area contributed by atoms with Crippen molar-refractivity contribution >= 4 is 11.6 Å². The highest BCUT2D eigenvalue weighted by atomic mass is 35.5. The quantitative estimate of drug-likeness (QED) is 0.850. The van der Waals surface area contributed by atoms with E-state index in [4.69, 9.17) is 17.3 Å². The van der Waals surface area contributed by atoms with Crippen LogP contribution < -0.4 is 10.5 Å². The summed E-state index contributed by atoms with van der Waals surface area (Å²) in [6.45, 7) is 0. The molecule has 0 heterocycles. The Bertz CT molecular complexity index is 628. The smallest absolute Gasteiger partial charge is 0.406 e. The monoisotopic (exact) mass is 319 g/mol. The molecule has 0 bridgehead atoms. The standard InChI is InChI=1S/C14H10ClF4NO/c15-11-7-9(3-6-12(11)16)13(20)8-1-4-10(5-2-8)21-14(17,18)19/h1-7,13H,20H2/t13-/m1/s1. The zero-order chi connectivity index (χ0) is 15.6. The van der Waals surface area contributed by atoms with E-state index >= 15 is 0 Å². The molecule has 0 radical (unpaired) electrons. The fourth-order valence-electron chi connectivity index (χ4n) is 1.78. The van der Waals surface area contributed by atoms with E-state index in [-0.39, 0.29) is 10.8 Å². The normalized spacial score (nSPS) is 13.0. The van der Waals surface area contributed by atoms with Crippen LogP contribution in [0.4, 0.5) is 17.6 Å². The maximum absolute atomic E-state index is 13.1. The molecule has 7 heteroatoms. The minimum atomic E-state index is -4.74. The summed E-state index contributed by atoms with van der Waals surface area (Å²) in [4.78, 5) is 0. The third kappa shape index (κ3) is 4.09. The van der Waals surface area contributed by atoms with Gasteiger partial charge in [-0.2, -0.15) is 0 Å². The van der Waals surface area contributed by atoms with Crippen molar-refractivity contribution < 1.29 is 22.3 Å². The highest BCUT2D eigenvalue weighted by Gasteiger charge is 2.31. The molecule has 0 saturated heterocycles. The van der Waals surface area contributed by atoms with E-state index in [2.05, 4.69) is 4.74 Å². The van der Waals surface area contributed by atoms with Gasteiger partial charge in [0.2, 0.25) is 0 Å². The number of ether oxygens (including phenoxy) is 1. The minimum absolute atomic E-state index is 0.0695. The summed E-state index contributed by atoms with van der Waals surface area (Å²) in [5.74, 6) is -0.905. The van der Waals surface area contributed by atoms with E-state index in [0.29, 0.717) is 11.1 Å². The van der Waals surface area contributed by atoms with Gasteiger partial charge >= 0.3 is 6.36 Å². The van der Waals surface area contributed by atoms with Crippen LogP contribution in [0.25, 0.3) is 0 Å². The lowest BCUT2D eigenvalue weighted by atomic mass is 9.99. The molecule has 2 N–H and O–H groups in total. The lowest BCUT2D eigenvalue weighted by Crippen LogP contribution is -2.17. The van der Waals surface area contributed by atoms with Gasteiger partial charge in [0.15, 0.2) is 0 Å². The number of rotatable bonds is 3. The molecule has 0 amide bonds. The molecule has 2 nitrogen and oxygen atoms in total. The first-order chi connectivity index (χ1) is 9.76. The fraction of sp³-hybridized carbons (Fsp3) is 0.143. The molecule has 0 unspecified atom stereocenters. The Hall–Kier alpha value is -1.79. The third-order valence-corrected chi connectivity index (χ3v) is 3.07. The van der Waals surface area contributed by atoms with Crippen molar-refractivity contribution in [3.05, 3.63) is 64.4 Å². The molecule has 0 saturated carbocycles. The van der Waals surface area contributed by atoms with Crippen LogP contribution in [-0.4, -0.2) is 6.36 Å². The van der Waals surface area contributed by atoms with Crippen LogP contribution in [-0.2, 0) is 0 Å². The van der Waals surface area contributed by atoms with Crippen molar-refractivity contribution in [3.63, 3.8) is 0 Å². The molecule has 0 aliphatic rings. The van der Waals surface area contributed by atoms with Gasteiger partial charge in [-0.3, -0.25) is 0 Å². The van der Waals surface area contributed by atoms with E-state index in [1.54, 1.807) is 0 Å². The molecular formula is C14H10ClF4NO. The Morgan fingerprint density at radius 2 is 1.57 bits per heavy atom. The summed E-state index contributed by atoms with van der Waals surface area (Å²) in [5, 5.41) is -0.0695. The van der Waals surface area contributed by atoms with Crippen molar-refractivity contribution in [1.82, 2.24) is 0 Å². The number of nitrogens with two attached hydrogens (primary N) is 1. The van der Waals surface area contributed by atoms with Gasteiger partial charge in [0, 0.05) is 0 Å². The maximum atomic E-state index is 13.1. The van der Waals surface area contributed by atoms with Gasteiger partial charge in [-0.05, 0) is 35.4 Å². The molecule has 0 spiro atoms. The molecule has 2 aromatic carbocycles. The van der Waals surface area contributed by atoms with Crippen LogP contribution in [0.15, 0.2) is 42.5 Å². The molecular weight excluding hydrogens is 310 g/mol. The Balaban J connectivity index is 2.19. The number of hydrogen-bond donors (Lipinski definition) is 1. The molecule has 1 atom stereocenters. The topological polar surface area (TPSA) is 35.2 Å². The molecule has 0 aromatic heterocycles. The molecule has 112 valence electrons. The molecule has 0 fully saturated rings. The number of benzene rings is 2. The first-order valence-electron chi connectivity index (χ1n) is 5.82. The van der Waals surface area contributed by atoms with Gasteiger partial charge in [0.1, 0.15) is 11.6 Å². The van der Waals surface area contributed by atoms with Crippen molar-refractivity contribution in [1.29, 1.82) is 0 Å². The summed E-state index contributed by atoms with van der Waals surface area (Å²) in [6, 6.07) is 8.52. The van der Waals surface area contributed by atoms with Gasteiger partial charge in [-0.15, -0.1) is 13.2 Å². The largest absolute Gasteiger partial charge is 0.573 e. The minimum Gasteiger partial charge on any atom is -0.406 e. The molecule has 2 rings (SSSR count). The van der Waals surface area contributed by atoms with Gasteiger partial charge in [-0.1, -0.05) is 29.8 Å². The molecule has 0 aliphatic heterocycles. The summed E-state index contributed by atoms with van der Waals surface area (Å²) in [5.41, 5.74) is 7.06. The molecule has 21 heavy (non-hydrogen) atoms. The van der Waals surface area contributed by atoms with E-state index in [9.17, 15) is 17.6 Å². The van der Waals surface area contributed by atoms with Crippen LogP contribution in [0.3, 0.4) is 0 Å². The zero-order valence-corrected chi connectivity index (χ0v) is 11.3. The van der Waals surface area contributed by atoms with Crippen LogP contribution in [0, 0.1) is 5.82 Å². The van der Waals surface area contributed by atoms with Gasteiger partial charge in [0.05, 0.1) is 11.1 Å². The number of hydrogen-bond acceptors (Lipinski definition) is 2. The van der Waals surface area contributed by atoms with E-state index in [1.807, 2.05) is 0 Å². The first kappa shape index (κ1) is 15.6. The average Bonchev–Trinajstić information content (AvgIpc) is 2.40. The van der Waals surface area contributed by atoms with Crippen LogP contribution in [0.5, 0.6) is 5.75 Å². The number of halogens is 5. The second-order valence-electron chi connectivity index (χ2n) is 4.27. The molecule has 2 aromatic rings. The SMILES string of the molecule is N[C@H](c1ccc(OC(F)(F)F)cc1)c1ccc(F)c(Cl)c1. The fourth-order valence-corrected chi connectivity index (χ4v) is 1.96. The highest BCUT2D eigenvalue weighted by molar-refractivity contribution is 6.30. The second-order valence-corrected chi connectivity index (χ2v) is 4.68. The van der Waals surface area contributed by atoms with Gasteiger partial charge < -0.3 is 10.5 Å². The third-order valence-electron chi connectivity index (χ3n) is 2.78. The van der Waals surface area contributed by atoms with Crippen LogP contribution in [0.2, 0.25) is 5.02 Å². The predicted molar refractivity (Wildman–Crippen MR) is 70.6 cm³/mol. The summed E-state index contributed by atoms with van der Waals surface area (Å²) >= 11 is 5.67. The Morgan fingerprint density at radius 1 is 1.00 bits per heavy atom. The van der Waals surface area contributed by atoms with E-state index in [1.165, 1.54) is 30.3 Å². The van der Waals surface area contributed by atoms with Gasteiger partial charge in [0.25, 0.3) is 0 Å². The molecule has 0 aliphatic carbocycles.